The smallest absolute Gasteiger partial charge is 0.344 e. The second-order valence-electron chi connectivity index (χ2n) is 6.15. The number of hydrogen-bond donors (Lipinski definition) is 0. The Hall–Kier alpha value is -3.74. The first-order valence-corrected chi connectivity index (χ1v) is 8.80. The van der Waals surface area contributed by atoms with E-state index in [9.17, 15) is 9.59 Å². The molecular formula is C21H17N3O4. The molecule has 0 saturated carbocycles. The molecule has 1 aromatic carbocycles. The van der Waals surface area contributed by atoms with Crippen molar-refractivity contribution in [3.05, 3.63) is 78.2 Å². The summed E-state index contributed by atoms with van der Waals surface area (Å²) in [6.07, 6.45) is 5.43. The number of anilines is 1. The van der Waals surface area contributed by atoms with Crippen molar-refractivity contribution in [2.75, 3.05) is 18.1 Å². The van der Waals surface area contributed by atoms with Crippen LogP contribution in [-0.2, 0) is 16.0 Å². The first-order valence-electron chi connectivity index (χ1n) is 8.80. The van der Waals surface area contributed by atoms with E-state index in [0.29, 0.717) is 12.3 Å². The molecule has 7 nitrogen and oxygen atoms in total. The maximum absolute atomic E-state index is 12.5. The minimum absolute atomic E-state index is 0.0967. The van der Waals surface area contributed by atoms with Gasteiger partial charge in [-0.3, -0.25) is 9.78 Å². The summed E-state index contributed by atoms with van der Waals surface area (Å²) in [5.41, 5.74) is 2.12. The van der Waals surface area contributed by atoms with E-state index in [4.69, 9.17) is 9.47 Å². The van der Waals surface area contributed by atoms with E-state index < -0.39 is 5.97 Å². The van der Waals surface area contributed by atoms with Crippen LogP contribution in [-0.4, -0.2) is 35.0 Å². The van der Waals surface area contributed by atoms with Crippen LogP contribution >= 0.6 is 0 Å². The highest BCUT2D eigenvalue weighted by molar-refractivity contribution is 5.99. The van der Waals surface area contributed by atoms with E-state index in [1.165, 1.54) is 18.5 Å². The third-order valence-corrected chi connectivity index (χ3v) is 4.35. The summed E-state index contributed by atoms with van der Waals surface area (Å²) in [4.78, 5) is 34.7. The SMILES string of the molecule is O=C(OCC(=O)N1CCc2ccccc21)c1cccnc1Oc1cccnc1. The van der Waals surface area contributed by atoms with Gasteiger partial charge < -0.3 is 14.4 Å². The largest absolute Gasteiger partial charge is 0.452 e. The highest BCUT2D eigenvalue weighted by atomic mass is 16.5. The van der Waals surface area contributed by atoms with Gasteiger partial charge in [0, 0.05) is 24.6 Å². The lowest BCUT2D eigenvalue weighted by atomic mass is 10.2. The maximum Gasteiger partial charge on any atom is 0.344 e. The van der Waals surface area contributed by atoms with Gasteiger partial charge in [0.2, 0.25) is 5.88 Å². The van der Waals surface area contributed by atoms with E-state index in [2.05, 4.69) is 9.97 Å². The molecule has 0 atom stereocenters. The van der Waals surface area contributed by atoms with Gasteiger partial charge in [-0.1, -0.05) is 18.2 Å². The number of aromatic nitrogens is 2. The van der Waals surface area contributed by atoms with Crippen LogP contribution < -0.4 is 9.64 Å². The molecule has 3 heterocycles. The zero-order valence-corrected chi connectivity index (χ0v) is 14.9. The van der Waals surface area contributed by atoms with Crippen LogP contribution in [0.15, 0.2) is 67.1 Å². The number of carbonyl (C=O) groups excluding carboxylic acids is 2. The average molecular weight is 375 g/mol. The summed E-state index contributed by atoms with van der Waals surface area (Å²) in [5, 5.41) is 0. The molecule has 140 valence electrons. The molecule has 0 N–H and O–H groups in total. The Balaban J connectivity index is 1.43. The third kappa shape index (κ3) is 3.68. The van der Waals surface area contributed by atoms with Crippen LogP contribution in [0.25, 0.3) is 0 Å². The van der Waals surface area contributed by atoms with Gasteiger partial charge in [0.1, 0.15) is 11.3 Å². The predicted octanol–water partition coefficient (Wildman–Crippen LogP) is 3.02. The van der Waals surface area contributed by atoms with Crippen LogP contribution in [0.2, 0.25) is 0 Å². The Morgan fingerprint density at radius 2 is 1.89 bits per heavy atom. The van der Waals surface area contributed by atoms with Crippen molar-refractivity contribution in [3.63, 3.8) is 0 Å². The van der Waals surface area contributed by atoms with Crippen molar-refractivity contribution >= 4 is 17.6 Å². The third-order valence-electron chi connectivity index (χ3n) is 4.35. The minimum Gasteiger partial charge on any atom is -0.452 e. The number of hydrogen-bond acceptors (Lipinski definition) is 6. The quantitative estimate of drug-likeness (QED) is 0.638. The molecule has 0 aliphatic carbocycles. The maximum atomic E-state index is 12.5. The second kappa shape index (κ2) is 7.87. The normalized spacial score (nSPS) is 12.4. The van der Waals surface area contributed by atoms with Crippen molar-refractivity contribution in [1.82, 2.24) is 9.97 Å². The van der Waals surface area contributed by atoms with Gasteiger partial charge in [0.05, 0.1) is 6.20 Å². The Bertz CT molecular complexity index is 1010. The second-order valence-corrected chi connectivity index (χ2v) is 6.15. The van der Waals surface area contributed by atoms with Crippen LogP contribution in [0, 0.1) is 0 Å². The molecule has 1 amide bonds. The number of esters is 1. The summed E-state index contributed by atoms with van der Waals surface area (Å²) in [6.45, 7) is 0.229. The number of rotatable bonds is 5. The zero-order chi connectivity index (χ0) is 19.3. The van der Waals surface area contributed by atoms with Crippen molar-refractivity contribution in [2.45, 2.75) is 6.42 Å². The Kier molecular flexibility index (Phi) is 4.97. The van der Waals surface area contributed by atoms with Crippen molar-refractivity contribution in [3.8, 4) is 11.6 Å². The fraction of sp³-hybridized carbons (Fsp3) is 0.143. The highest BCUT2D eigenvalue weighted by Crippen LogP contribution is 2.27. The molecule has 7 heteroatoms. The van der Waals surface area contributed by atoms with Gasteiger partial charge in [-0.25, -0.2) is 9.78 Å². The van der Waals surface area contributed by atoms with E-state index in [1.54, 1.807) is 29.3 Å². The van der Waals surface area contributed by atoms with Gasteiger partial charge in [-0.2, -0.15) is 0 Å². The Morgan fingerprint density at radius 1 is 1.04 bits per heavy atom. The number of ether oxygens (including phenoxy) is 2. The molecule has 0 spiro atoms. The number of nitrogens with zero attached hydrogens (tertiary/aromatic N) is 3. The summed E-state index contributed by atoms with van der Waals surface area (Å²) >= 11 is 0. The summed E-state index contributed by atoms with van der Waals surface area (Å²) in [5.74, 6) is -0.399. The molecule has 0 fully saturated rings. The zero-order valence-electron chi connectivity index (χ0n) is 14.9. The van der Waals surface area contributed by atoms with Crippen LogP contribution in [0.3, 0.4) is 0 Å². The molecule has 0 saturated heterocycles. The number of carbonyl (C=O) groups is 2. The number of pyridine rings is 2. The molecule has 1 aliphatic heterocycles. The summed E-state index contributed by atoms with van der Waals surface area (Å²) in [7, 11) is 0. The van der Waals surface area contributed by atoms with Gasteiger partial charge in [0.15, 0.2) is 6.61 Å². The molecule has 0 radical (unpaired) electrons. The Morgan fingerprint density at radius 3 is 2.75 bits per heavy atom. The first-order chi connectivity index (χ1) is 13.7. The minimum atomic E-state index is -0.673. The summed E-state index contributed by atoms with van der Waals surface area (Å²) in [6, 6.07) is 14.3. The topological polar surface area (TPSA) is 81.6 Å². The van der Waals surface area contributed by atoms with Gasteiger partial charge in [0.25, 0.3) is 5.91 Å². The molecule has 0 bridgehead atoms. The monoisotopic (exact) mass is 375 g/mol. The molecular weight excluding hydrogens is 358 g/mol. The van der Waals surface area contributed by atoms with E-state index >= 15 is 0 Å². The number of benzene rings is 1. The van der Waals surface area contributed by atoms with Gasteiger partial charge in [-0.05, 0) is 42.3 Å². The van der Waals surface area contributed by atoms with Crippen LogP contribution in [0.4, 0.5) is 5.69 Å². The van der Waals surface area contributed by atoms with E-state index in [1.807, 2.05) is 24.3 Å². The van der Waals surface area contributed by atoms with Crippen molar-refractivity contribution < 1.29 is 19.1 Å². The lowest BCUT2D eigenvalue weighted by molar-refractivity contribution is -0.121. The molecule has 28 heavy (non-hydrogen) atoms. The molecule has 4 rings (SSSR count). The molecule has 0 unspecified atom stereocenters. The van der Waals surface area contributed by atoms with Gasteiger partial charge in [-0.15, -0.1) is 0 Å². The fourth-order valence-electron chi connectivity index (χ4n) is 3.03. The van der Waals surface area contributed by atoms with E-state index in [0.717, 1.165) is 17.7 Å². The highest BCUT2D eigenvalue weighted by Gasteiger charge is 2.25. The van der Waals surface area contributed by atoms with Gasteiger partial charge >= 0.3 is 5.97 Å². The number of amides is 1. The molecule has 3 aromatic rings. The lowest BCUT2D eigenvalue weighted by Gasteiger charge is -2.17. The predicted molar refractivity (Wildman–Crippen MR) is 101 cm³/mol. The van der Waals surface area contributed by atoms with Crippen LogP contribution in [0.5, 0.6) is 11.6 Å². The number of fused-ring (bicyclic) bond motifs is 1. The van der Waals surface area contributed by atoms with Crippen LogP contribution in [0.1, 0.15) is 15.9 Å². The number of para-hydroxylation sites is 1. The molecule has 1 aliphatic rings. The van der Waals surface area contributed by atoms with Crippen molar-refractivity contribution in [1.29, 1.82) is 0 Å². The summed E-state index contributed by atoms with van der Waals surface area (Å²) < 4.78 is 10.8. The first kappa shape index (κ1) is 17.7. The van der Waals surface area contributed by atoms with Crippen molar-refractivity contribution in [2.24, 2.45) is 0 Å². The average Bonchev–Trinajstić information content (AvgIpc) is 3.17. The standard InChI is InChI=1S/C21H17N3O4/c25-19(24-12-9-15-5-1-2-8-18(15)24)14-27-21(26)17-7-4-11-23-20(17)28-16-6-3-10-22-13-16/h1-8,10-11,13H,9,12,14H2. The fourth-order valence-corrected chi connectivity index (χ4v) is 3.03. The Labute approximate surface area is 161 Å². The van der Waals surface area contributed by atoms with E-state index in [-0.39, 0.29) is 24.0 Å². The lowest BCUT2D eigenvalue weighted by Crippen LogP contribution is -2.33. The molecule has 2 aromatic heterocycles.